The van der Waals surface area contributed by atoms with Crippen molar-refractivity contribution in [3.05, 3.63) is 35.6 Å². The lowest BCUT2D eigenvalue weighted by atomic mass is 9.88. The van der Waals surface area contributed by atoms with Crippen LogP contribution in [0.2, 0.25) is 0 Å². The maximum Gasteiger partial charge on any atom is 0.254 e. The van der Waals surface area contributed by atoms with Crippen LogP contribution >= 0.6 is 0 Å². The minimum absolute atomic E-state index is 0.0261. The Balaban J connectivity index is 1.85. The van der Waals surface area contributed by atoms with Gasteiger partial charge in [-0.1, -0.05) is 37.8 Å². The van der Waals surface area contributed by atoms with E-state index in [1.165, 1.54) is 31.0 Å². The van der Waals surface area contributed by atoms with E-state index in [1.807, 2.05) is 0 Å². The van der Waals surface area contributed by atoms with Crippen molar-refractivity contribution in [2.75, 3.05) is 27.2 Å². The molecule has 0 spiro atoms. The first kappa shape index (κ1) is 19.4. The molecular weight excluding hydrogens is 321 g/mol. The van der Waals surface area contributed by atoms with E-state index in [1.54, 1.807) is 6.07 Å². The van der Waals surface area contributed by atoms with E-state index in [4.69, 9.17) is 0 Å². The third-order valence-corrected chi connectivity index (χ3v) is 5.13. The summed E-state index contributed by atoms with van der Waals surface area (Å²) in [6, 6.07) is 5.73. The van der Waals surface area contributed by atoms with Crippen molar-refractivity contribution in [2.24, 2.45) is 0 Å². The van der Waals surface area contributed by atoms with Crippen molar-refractivity contribution >= 4 is 11.8 Å². The van der Waals surface area contributed by atoms with Crippen molar-refractivity contribution in [3.63, 3.8) is 0 Å². The van der Waals surface area contributed by atoms with Crippen LogP contribution in [0.4, 0.5) is 4.39 Å². The molecule has 5 nitrogen and oxygen atoms in total. The number of rotatable bonds is 6. The number of hydrogen-bond donors (Lipinski definition) is 2. The number of nitrogens with one attached hydrogen (secondary N) is 2. The summed E-state index contributed by atoms with van der Waals surface area (Å²) >= 11 is 0. The molecule has 1 aliphatic carbocycles. The quantitative estimate of drug-likeness (QED) is 0.775. The molecule has 0 heterocycles. The number of nitrogens with zero attached hydrogens (tertiary/aromatic N) is 1. The largest absolute Gasteiger partial charge is 0.353 e. The normalized spacial score (nSPS) is 17.0. The summed E-state index contributed by atoms with van der Waals surface area (Å²) in [5.41, 5.74) is -0.0781. The van der Waals surface area contributed by atoms with Crippen LogP contribution < -0.4 is 10.6 Å². The number of carbonyl (C=O) groups excluding carboxylic acids is 2. The Morgan fingerprint density at radius 3 is 2.32 bits per heavy atom. The maximum absolute atomic E-state index is 13.6. The van der Waals surface area contributed by atoms with Crippen LogP contribution in [0.25, 0.3) is 0 Å². The molecule has 6 heteroatoms. The van der Waals surface area contributed by atoms with Crippen LogP contribution in [-0.2, 0) is 4.79 Å². The highest BCUT2D eigenvalue weighted by atomic mass is 19.1. The van der Waals surface area contributed by atoms with Crippen LogP contribution in [0.15, 0.2) is 24.3 Å². The van der Waals surface area contributed by atoms with E-state index in [9.17, 15) is 14.0 Å². The van der Waals surface area contributed by atoms with E-state index in [0.29, 0.717) is 6.54 Å². The summed E-state index contributed by atoms with van der Waals surface area (Å²) < 4.78 is 13.6. The first-order valence-corrected chi connectivity index (χ1v) is 8.91. The minimum Gasteiger partial charge on any atom is -0.353 e. The summed E-state index contributed by atoms with van der Waals surface area (Å²) in [6.45, 7) is 0.408. The van der Waals surface area contributed by atoms with Gasteiger partial charge in [0.15, 0.2) is 0 Å². The van der Waals surface area contributed by atoms with E-state index in [0.717, 1.165) is 25.7 Å². The minimum atomic E-state index is -0.592. The summed E-state index contributed by atoms with van der Waals surface area (Å²) in [7, 11) is 4.11. The zero-order valence-electron chi connectivity index (χ0n) is 15.1. The van der Waals surface area contributed by atoms with Gasteiger partial charge < -0.3 is 15.5 Å². The van der Waals surface area contributed by atoms with E-state index >= 15 is 0 Å². The van der Waals surface area contributed by atoms with Gasteiger partial charge in [-0.05, 0) is 39.1 Å². The number of carbonyl (C=O) groups is 2. The van der Waals surface area contributed by atoms with E-state index < -0.39 is 11.7 Å². The molecule has 0 aliphatic heterocycles. The third-order valence-electron chi connectivity index (χ3n) is 5.13. The Labute approximate surface area is 149 Å². The number of halogens is 1. The van der Waals surface area contributed by atoms with Crippen molar-refractivity contribution in [1.82, 2.24) is 15.5 Å². The first-order valence-electron chi connectivity index (χ1n) is 8.91. The number of hydrogen-bond acceptors (Lipinski definition) is 3. The summed E-state index contributed by atoms with van der Waals surface area (Å²) in [5.74, 6) is -1.43. The molecule has 0 unspecified atom stereocenters. The molecule has 0 atom stereocenters. The monoisotopic (exact) mass is 349 g/mol. The predicted octanol–water partition coefficient (Wildman–Crippen LogP) is 2.33. The fourth-order valence-corrected chi connectivity index (χ4v) is 3.40. The Kier molecular flexibility index (Phi) is 6.93. The topological polar surface area (TPSA) is 61.4 Å². The Bertz CT molecular complexity index is 596. The zero-order valence-corrected chi connectivity index (χ0v) is 15.1. The van der Waals surface area contributed by atoms with Crippen molar-refractivity contribution in [1.29, 1.82) is 0 Å². The van der Waals surface area contributed by atoms with Crippen molar-refractivity contribution in [2.45, 2.75) is 44.1 Å². The van der Waals surface area contributed by atoms with Gasteiger partial charge in [0, 0.05) is 12.1 Å². The number of likely N-dealkylation sites (N-methyl/N-ethyl adjacent to an activating group) is 1. The lowest BCUT2D eigenvalue weighted by Gasteiger charge is -2.39. The SMILES string of the molecule is CN(C)C1(CNC(=O)CNC(=O)c2ccccc2F)CCCCCC1. The standard InChI is InChI=1S/C19H28FN3O2/c1-23(2)19(11-7-3-4-8-12-19)14-22-17(24)13-21-18(25)15-9-5-6-10-16(15)20/h5-6,9-10H,3-4,7-8,11-14H2,1-2H3,(H,21,25)(H,22,24). The molecule has 0 saturated heterocycles. The van der Waals surface area contributed by atoms with Crippen LogP contribution in [0.5, 0.6) is 0 Å². The van der Waals surface area contributed by atoms with E-state index in [-0.39, 0.29) is 23.6 Å². The molecule has 0 bridgehead atoms. The smallest absolute Gasteiger partial charge is 0.254 e. The van der Waals surface area contributed by atoms with Gasteiger partial charge in [-0.15, -0.1) is 0 Å². The van der Waals surface area contributed by atoms with Gasteiger partial charge >= 0.3 is 0 Å². The van der Waals surface area contributed by atoms with Crippen LogP contribution in [0, 0.1) is 5.82 Å². The molecule has 0 aromatic heterocycles. The molecule has 2 N–H and O–H groups in total. The first-order chi connectivity index (χ1) is 11.9. The molecule has 0 radical (unpaired) electrons. The fourth-order valence-electron chi connectivity index (χ4n) is 3.40. The summed E-state index contributed by atoms with van der Waals surface area (Å²) in [6.07, 6.45) is 6.92. The van der Waals surface area contributed by atoms with Crippen LogP contribution in [0.3, 0.4) is 0 Å². The average Bonchev–Trinajstić information content (AvgIpc) is 2.85. The zero-order chi connectivity index (χ0) is 18.3. The second kappa shape index (κ2) is 8.94. The van der Waals surface area contributed by atoms with E-state index in [2.05, 4.69) is 29.6 Å². The Morgan fingerprint density at radius 1 is 1.08 bits per heavy atom. The van der Waals surface area contributed by atoms with Gasteiger partial charge in [0.1, 0.15) is 5.82 Å². The Morgan fingerprint density at radius 2 is 1.72 bits per heavy atom. The second-order valence-electron chi connectivity index (χ2n) is 6.97. The lowest BCUT2D eigenvalue weighted by molar-refractivity contribution is -0.120. The molecule has 1 aromatic rings. The molecule has 1 saturated carbocycles. The highest BCUT2D eigenvalue weighted by molar-refractivity contribution is 5.96. The molecular formula is C19H28FN3O2. The Hall–Kier alpha value is -1.95. The van der Waals surface area contributed by atoms with Gasteiger partial charge in [0.2, 0.25) is 5.91 Å². The fraction of sp³-hybridized carbons (Fsp3) is 0.579. The summed E-state index contributed by atoms with van der Waals surface area (Å²) in [4.78, 5) is 26.3. The molecule has 2 rings (SSSR count). The van der Waals surface area contributed by atoms with Crippen molar-refractivity contribution in [3.8, 4) is 0 Å². The third kappa shape index (κ3) is 5.26. The van der Waals surface area contributed by atoms with Gasteiger partial charge in [-0.2, -0.15) is 0 Å². The van der Waals surface area contributed by atoms with Gasteiger partial charge in [0.05, 0.1) is 12.1 Å². The molecule has 1 aliphatic rings. The summed E-state index contributed by atoms with van der Waals surface area (Å²) in [5, 5.41) is 5.41. The maximum atomic E-state index is 13.6. The average molecular weight is 349 g/mol. The number of benzene rings is 1. The van der Waals surface area contributed by atoms with Crippen LogP contribution in [-0.4, -0.2) is 49.4 Å². The molecule has 1 fully saturated rings. The molecule has 138 valence electrons. The molecule has 1 aromatic carbocycles. The predicted molar refractivity (Wildman–Crippen MR) is 95.9 cm³/mol. The number of amides is 2. The second-order valence-corrected chi connectivity index (χ2v) is 6.97. The van der Waals surface area contributed by atoms with Gasteiger partial charge in [-0.3, -0.25) is 9.59 Å². The van der Waals surface area contributed by atoms with Crippen LogP contribution in [0.1, 0.15) is 48.9 Å². The lowest BCUT2D eigenvalue weighted by Crippen LogP contribution is -2.53. The van der Waals surface area contributed by atoms with Gasteiger partial charge in [0.25, 0.3) is 5.91 Å². The molecule has 25 heavy (non-hydrogen) atoms. The molecule has 2 amide bonds. The van der Waals surface area contributed by atoms with Crippen molar-refractivity contribution < 1.29 is 14.0 Å². The van der Waals surface area contributed by atoms with Gasteiger partial charge in [-0.25, -0.2) is 4.39 Å². The highest BCUT2D eigenvalue weighted by Crippen LogP contribution is 2.30. The highest BCUT2D eigenvalue weighted by Gasteiger charge is 2.33.